The highest BCUT2D eigenvalue weighted by atomic mass is 16.6. The molecular weight excluding hydrogens is 412 g/mol. The minimum atomic E-state index is -0.708. The number of rotatable bonds is 7. The molecule has 1 aliphatic rings. The first-order chi connectivity index (χ1) is 15.2. The molecule has 8 heteroatoms. The number of alkyl carbamates (subject to hydrolysis) is 2. The fourth-order valence-electron chi connectivity index (χ4n) is 3.48. The maximum atomic E-state index is 12.2. The van der Waals surface area contributed by atoms with E-state index in [1.54, 1.807) is 6.08 Å². The Labute approximate surface area is 189 Å². The number of carbonyl (C=O) groups is 3. The molecule has 2 rings (SSSR count). The van der Waals surface area contributed by atoms with Crippen LogP contribution in [0, 0.1) is 11.8 Å². The summed E-state index contributed by atoms with van der Waals surface area (Å²) in [6, 6.07) is 9.29. The van der Waals surface area contributed by atoms with Gasteiger partial charge >= 0.3 is 18.2 Å². The van der Waals surface area contributed by atoms with Gasteiger partial charge in [0.1, 0.15) is 17.9 Å². The minimum absolute atomic E-state index is 0.0842. The van der Waals surface area contributed by atoms with Crippen molar-refractivity contribution in [3.63, 3.8) is 0 Å². The fourth-order valence-corrected chi connectivity index (χ4v) is 3.48. The maximum absolute atomic E-state index is 12.2. The summed E-state index contributed by atoms with van der Waals surface area (Å²) >= 11 is 0. The van der Waals surface area contributed by atoms with E-state index in [1.807, 2.05) is 51.1 Å². The molecule has 2 amide bonds. The van der Waals surface area contributed by atoms with Gasteiger partial charge in [0.15, 0.2) is 0 Å². The van der Waals surface area contributed by atoms with Crippen molar-refractivity contribution in [2.75, 3.05) is 13.7 Å². The molecule has 1 aromatic carbocycles. The SMILES string of the molecule is COC(=O)C(=C[C@H]1CC[C@H](CNC(=O)OC(C)(C)C)CC1)NC(=O)OCc1ccccc1. The van der Waals surface area contributed by atoms with Gasteiger partial charge in [-0.1, -0.05) is 36.4 Å². The number of hydrogen-bond donors (Lipinski definition) is 2. The molecule has 8 nitrogen and oxygen atoms in total. The van der Waals surface area contributed by atoms with Crippen LogP contribution in [0.2, 0.25) is 0 Å². The van der Waals surface area contributed by atoms with Gasteiger partial charge in [0.2, 0.25) is 0 Å². The lowest BCUT2D eigenvalue weighted by atomic mass is 9.81. The Morgan fingerprint density at radius 2 is 1.69 bits per heavy atom. The van der Waals surface area contributed by atoms with Crippen molar-refractivity contribution >= 4 is 18.2 Å². The maximum Gasteiger partial charge on any atom is 0.412 e. The molecule has 0 heterocycles. The summed E-state index contributed by atoms with van der Waals surface area (Å²) in [6.07, 6.45) is 4.08. The molecule has 0 saturated heterocycles. The Balaban J connectivity index is 1.82. The van der Waals surface area contributed by atoms with Gasteiger partial charge in [-0.05, 0) is 63.9 Å². The molecule has 0 spiro atoms. The highest BCUT2D eigenvalue weighted by Gasteiger charge is 2.24. The second kappa shape index (κ2) is 12.1. The van der Waals surface area contributed by atoms with E-state index in [2.05, 4.69) is 10.6 Å². The zero-order chi connectivity index (χ0) is 23.6. The van der Waals surface area contributed by atoms with Gasteiger partial charge < -0.3 is 19.5 Å². The Morgan fingerprint density at radius 1 is 1.03 bits per heavy atom. The number of nitrogens with one attached hydrogen (secondary N) is 2. The molecule has 32 heavy (non-hydrogen) atoms. The number of esters is 1. The summed E-state index contributed by atoms with van der Waals surface area (Å²) in [5.41, 5.74) is 0.414. The van der Waals surface area contributed by atoms with E-state index < -0.39 is 23.8 Å². The molecule has 1 fully saturated rings. The predicted octanol–water partition coefficient (Wildman–Crippen LogP) is 4.30. The highest BCUT2D eigenvalue weighted by Crippen LogP contribution is 2.30. The molecule has 0 aromatic heterocycles. The molecule has 0 radical (unpaired) electrons. The second-order valence-corrected chi connectivity index (χ2v) is 8.92. The average Bonchev–Trinajstić information content (AvgIpc) is 2.75. The molecule has 0 bridgehead atoms. The topological polar surface area (TPSA) is 103 Å². The summed E-state index contributed by atoms with van der Waals surface area (Å²) in [5.74, 6) is -0.149. The van der Waals surface area contributed by atoms with E-state index in [4.69, 9.17) is 14.2 Å². The van der Waals surface area contributed by atoms with Crippen LogP contribution in [0.4, 0.5) is 9.59 Å². The summed E-state index contributed by atoms with van der Waals surface area (Å²) < 4.78 is 15.3. The molecular formula is C24H34N2O6. The molecule has 0 unspecified atom stereocenters. The van der Waals surface area contributed by atoms with Gasteiger partial charge in [0, 0.05) is 6.54 Å². The number of ether oxygens (including phenoxy) is 3. The van der Waals surface area contributed by atoms with E-state index in [-0.39, 0.29) is 18.2 Å². The van der Waals surface area contributed by atoms with Gasteiger partial charge in [-0.15, -0.1) is 0 Å². The third-order valence-corrected chi connectivity index (χ3v) is 5.08. The van der Waals surface area contributed by atoms with E-state index in [0.29, 0.717) is 12.5 Å². The molecule has 1 aromatic rings. The highest BCUT2D eigenvalue weighted by molar-refractivity contribution is 5.92. The monoisotopic (exact) mass is 446 g/mol. The van der Waals surface area contributed by atoms with Crippen LogP contribution >= 0.6 is 0 Å². The van der Waals surface area contributed by atoms with Crippen molar-refractivity contribution in [1.82, 2.24) is 10.6 Å². The van der Waals surface area contributed by atoms with Crippen LogP contribution in [-0.2, 0) is 25.6 Å². The fraction of sp³-hybridized carbons (Fsp3) is 0.542. The van der Waals surface area contributed by atoms with Gasteiger partial charge in [0.25, 0.3) is 0 Å². The van der Waals surface area contributed by atoms with Crippen molar-refractivity contribution in [2.24, 2.45) is 11.8 Å². The van der Waals surface area contributed by atoms with Gasteiger partial charge in [-0.2, -0.15) is 0 Å². The van der Waals surface area contributed by atoms with E-state index in [1.165, 1.54) is 7.11 Å². The molecule has 2 N–H and O–H groups in total. The normalized spacial score (nSPS) is 18.9. The number of hydrogen-bond acceptors (Lipinski definition) is 6. The quantitative estimate of drug-likeness (QED) is 0.368. The second-order valence-electron chi connectivity index (χ2n) is 8.92. The first-order valence-electron chi connectivity index (χ1n) is 10.9. The summed E-state index contributed by atoms with van der Waals surface area (Å²) in [7, 11) is 1.27. The largest absolute Gasteiger partial charge is 0.464 e. The lowest BCUT2D eigenvalue weighted by molar-refractivity contribution is -0.136. The van der Waals surface area contributed by atoms with E-state index in [0.717, 1.165) is 31.2 Å². The molecule has 176 valence electrons. The van der Waals surface area contributed by atoms with Crippen molar-refractivity contribution < 1.29 is 28.6 Å². The Morgan fingerprint density at radius 3 is 2.28 bits per heavy atom. The smallest absolute Gasteiger partial charge is 0.412 e. The Bertz CT molecular complexity index is 792. The Hall–Kier alpha value is -3.03. The van der Waals surface area contributed by atoms with Crippen LogP contribution in [0.15, 0.2) is 42.1 Å². The first kappa shape index (κ1) is 25.2. The number of carbonyl (C=O) groups excluding carboxylic acids is 3. The summed E-state index contributed by atoms with van der Waals surface area (Å²) in [5, 5.41) is 5.33. The zero-order valence-electron chi connectivity index (χ0n) is 19.3. The van der Waals surface area contributed by atoms with Crippen LogP contribution in [0.3, 0.4) is 0 Å². The number of methoxy groups -OCH3 is 1. The first-order valence-corrected chi connectivity index (χ1v) is 10.9. The predicted molar refractivity (Wildman–Crippen MR) is 120 cm³/mol. The summed E-state index contributed by atoms with van der Waals surface area (Å²) in [6.45, 7) is 6.15. The van der Waals surface area contributed by atoms with Gasteiger partial charge in [-0.3, -0.25) is 5.32 Å². The molecule has 0 aliphatic heterocycles. The van der Waals surface area contributed by atoms with Crippen LogP contribution in [-0.4, -0.2) is 37.4 Å². The van der Waals surface area contributed by atoms with Crippen molar-refractivity contribution in [3.05, 3.63) is 47.7 Å². The van der Waals surface area contributed by atoms with Crippen LogP contribution in [0.1, 0.15) is 52.0 Å². The Kier molecular flexibility index (Phi) is 9.56. The van der Waals surface area contributed by atoms with Crippen LogP contribution in [0.5, 0.6) is 0 Å². The van der Waals surface area contributed by atoms with Gasteiger partial charge in [0.05, 0.1) is 7.11 Å². The van der Waals surface area contributed by atoms with Crippen LogP contribution in [0.25, 0.3) is 0 Å². The van der Waals surface area contributed by atoms with Crippen molar-refractivity contribution in [2.45, 2.75) is 58.7 Å². The zero-order valence-corrected chi connectivity index (χ0v) is 19.3. The lowest BCUT2D eigenvalue weighted by Gasteiger charge is -2.28. The van der Waals surface area contributed by atoms with Crippen molar-refractivity contribution in [3.8, 4) is 0 Å². The van der Waals surface area contributed by atoms with E-state index >= 15 is 0 Å². The number of amides is 2. The third-order valence-electron chi connectivity index (χ3n) is 5.08. The number of allylic oxidation sites excluding steroid dienone is 1. The average molecular weight is 447 g/mol. The van der Waals surface area contributed by atoms with Crippen LogP contribution < -0.4 is 10.6 Å². The number of benzene rings is 1. The van der Waals surface area contributed by atoms with E-state index in [9.17, 15) is 14.4 Å². The third kappa shape index (κ3) is 9.41. The van der Waals surface area contributed by atoms with Crippen molar-refractivity contribution in [1.29, 1.82) is 0 Å². The standard InChI is InChI=1S/C24H34N2O6/c1-24(2,3)32-22(28)25-15-18-12-10-17(11-13-18)14-20(21(27)30-4)26-23(29)31-16-19-8-6-5-7-9-19/h5-9,14,17-18H,10-13,15-16H2,1-4H3,(H,25,28)(H,26,29)/t17-,18-. The van der Waals surface area contributed by atoms with Gasteiger partial charge in [-0.25, -0.2) is 14.4 Å². The summed E-state index contributed by atoms with van der Waals surface area (Å²) in [4.78, 5) is 36.1. The lowest BCUT2D eigenvalue weighted by Crippen LogP contribution is -2.36. The minimum Gasteiger partial charge on any atom is -0.464 e. The molecule has 1 saturated carbocycles. The molecule has 1 aliphatic carbocycles. The molecule has 0 atom stereocenters.